The van der Waals surface area contributed by atoms with Crippen LogP contribution in [0.1, 0.15) is 17.3 Å². The van der Waals surface area contributed by atoms with Gasteiger partial charge < -0.3 is 8.68 Å². The van der Waals surface area contributed by atoms with E-state index in [1.54, 1.807) is 0 Å². The minimum absolute atomic E-state index is 0.174. The lowest BCUT2D eigenvalue weighted by molar-refractivity contribution is 0.101. The molecule has 0 saturated heterocycles. The van der Waals surface area contributed by atoms with E-state index in [0.717, 1.165) is 12.1 Å². The first kappa shape index (κ1) is 13.0. The lowest BCUT2D eigenvalue weighted by Crippen LogP contribution is -2.03. The minimum Gasteiger partial charge on any atom is -0.788 e. The van der Waals surface area contributed by atoms with Gasteiger partial charge >= 0.3 is 0 Å². The quantitative estimate of drug-likeness (QED) is 0.587. The Balaban J connectivity index is 3.19. The van der Waals surface area contributed by atoms with Gasteiger partial charge in [0.15, 0.2) is 5.78 Å². The van der Waals surface area contributed by atoms with Crippen molar-refractivity contribution in [1.29, 1.82) is 0 Å². The fourth-order valence-electron chi connectivity index (χ4n) is 0.999. The number of nitrogens with zero attached hydrogens (tertiary/aromatic N) is 1. The molecule has 1 aromatic rings. The third kappa shape index (κ3) is 3.20. The van der Waals surface area contributed by atoms with Crippen LogP contribution >= 0.6 is 0 Å². The maximum absolute atomic E-state index is 11.3. The molecule has 0 amide bonds. The van der Waals surface area contributed by atoms with Crippen molar-refractivity contribution in [2.24, 2.45) is 0 Å². The lowest BCUT2D eigenvalue weighted by atomic mass is 10.2. The molecule has 6 nitrogen and oxygen atoms in total. The number of Topliss-reactive ketones (excluding diaryl/α,β-unsaturated/α-hetero) is 1. The molecule has 0 saturated carbocycles. The van der Waals surface area contributed by atoms with Crippen LogP contribution in [0.15, 0.2) is 29.2 Å². The molecule has 1 atom stereocenters. The molecule has 0 aromatic heterocycles. The van der Waals surface area contributed by atoms with Crippen LogP contribution in [0, 0.1) is 0 Å². The van der Waals surface area contributed by atoms with Crippen molar-refractivity contribution in [1.82, 2.24) is 0 Å². The second-order valence-electron chi connectivity index (χ2n) is 2.85. The largest absolute Gasteiger partial charge is 0.788 e. The second-order valence-corrected chi connectivity index (χ2v) is 5.30. The average molecular weight is 261 g/mol. The summed E-state index contributed by atoms with van der Waals surface area (Å²) in [4.78, 5) is 10.7. The topological polar surface area (TPSA) is 105 Å². The predicted molar refractivity (Wildman–Crippen MR) is 55.9 cm³/mol. The van der Waals surface area contributed by atoms with Crippen LogP contribution in [0.25, 0.3) is 4.13 Å². The number of carbonyl (C=O) groups is 1. The number of sulfonamides is 1. The number of rotatable bonds is 4. The van der Waals surface area contributed by atoms with Crippen LogP contribution in [0.5, 0.6) is 0 Å². The number of ketones is 1. The molecule has 1 unspecified atom stereocenters. The average Bonchev–Trinajstić information content (AvgIpc) is 2.16. The van der Waals surface area contributed by atoms with Crippen molar-refractivity contribution in [2.75, 3.05) is 0 Å². The van der Waals surface area contributed by atoms with Crippen molar-refractivity contribution >= 4 is 27.1 Å². The molecule has 1 rings (SSSR count). The molecular weight excluding hydrogens is 254 g/mol. The second kappa shape index (κ2) is 4.83. The Kier molecular flexibility index (Phi) is 3.92. The molecule has 0 bridgehead atoms. The zero-order chi connectivity index (χ0) is 12.3. The van der Waals surface area contributed by atoms with Gasteiger partial charge in [-0.05, 0) is 19.1 Å². The Hall–Kier alpha value is -1.09. The standard InChI is InChI=1S/C8H8NO5S2/c1-6(10)7-3-2-4-8(5-7)16(13,14)9-15(11)12/h2-5H,1H3,(H,11,12)/q-1/p-1. The summed E-state index contributed by atoms with van der Waals surface area (Å²) in [5.74, 6) is -0.319. The van der Waals surface area contributed by atoms with E-state index < -0.39 is 21.3 Å². The highest BCUT2D eigenvalue weighted by Gasteiger charge is 2.07. The monoisotopic (exact) mass is 261 g/mol. The van der Waals surface area contributed by atoms with Gasteiger partial charge in [-0.15, -0.1) is 0 Å². The highest BCUT2D eigenvalue weighted by Crippen LogP contribution is 2.19. The summed E-state index contributed by atoms with van der Waals surface area (Å²) in [6, 6.07) is 5.01. The molecule has 88 valence electrons. The molecule has 0 aliphatic carbocycles. The first-order valence-corrected chi connectivity index (χ1v) is 6.48. The highest BCUT2D eigenvalue weighted by molar-refractivity contribution is 8.07. The predicted octanol–water partition coefficient (Wildman–Crippen LogP) is 0.746. The van der Waals surface area contributed by atoms with E-state index in [0.29, 0.717) is 0 Å². The van der Waals surface area contributed by atoms with E-state index in [2.05, 4.69) is 4.13 Å². The van der Waals surface area contributed by atoms with Gasteiger partial charge in [0.1, 0.15) is 10.0 Å². The summed E-state index contributed by atoms with van der Waals surface area (Å²) in [5, 5.41) is 0. The summed E-state index contributed by atoms with van der Waals surface area (Å²) in [6.45, 7) is 1.27. The van der Waals surface area contributed by atoms with E-state index >= 15 is 0 Å². The van der Waals surface area contributed by atoms with E-state index in [4.69, 9.17) is 0 Å². The van der Waals surface area contributed by atoms with Gasteiger partial charge in [-0.25, -0.2) is 8.42 Å². The Bertz CT molecular complexity index is 537. The molecule has 1 aromatic carbocycles. The maximum atomic E-state index is 11.3. The van der Waals surface area contributed by atoms with E-state index in [9.17, 15) is 22.0 Å². The molecule has 0 radical (unpaired) electrons. The van der Waals surface area contributed by atoms with Gasteiger partial charge in [0.05, 0.1) is 0 Å². The Morgan fingerprint density at radius 1 is 1.44 bits per heavy atom. The SMILES string of the molecule is CC(=O)c1cccc(S(=O)(=O)[N-]S(=O)[O-])c1. The van der Waals surface area contributed by atoms with Crippen LogP contribution < -0.4 is 0 Å². The number of hydrogen-bond acceptors (Lipinski definition) is 5. The molecule has 0 aliphatic heterocycles. The van der Waals surface area contributed by atoms with Crippen LogP contribution in [0.3, 0.4) is 0 Å². The van der Waals surface area contributed by atoms with E-state index in [-0.39, 0.29) is 16.2 Å². The molecule has 0 spiro atoms. The smallest absolute Gasteiger partial charge is 0.159 e. The normalized spacial score (nSPS) is 13.4. The van der Waals surface area contributed by atoms with Crippen LogP contribution in [0.4, 0.5) is 0 Å². The molecular formula is C8H7NO5S2-2. The Labute approximate surface area is 95.1 Å². The Morgan fingerprint density at radius 3 is 2.56 bits per heavy atom. The minimum atomic E-state index is -4.26. The zero-order valence-corrected chi connectivity index (χ0v) is 9.75. The van der Waals surface area contributed by atoms with Gasteiger partial charge in [-0.2, -0.15) is 11.3 Å². The molecule has 0 N–H and O–H groups in total. The lowest BCUT2D eigenvalue weighted by Gasteiger charge is -2.23. The van der Waals surface area contributed by atoms with Gasteiger partial charge in [0, 0.05) is 10.5 Å². The van der Waals surface area contributed by atoms with Gasteiger partial charge in [-0.1, -0.05) is 12.1 Å². The third-order valence-corrected chi connectivity index (χ3v) is 3.82. The number of benzene rings is 1. The molecule has 0 heterocycles. The fourth-order valence-corrected chi connectivity index (χ4v) is 2.51. The van der Waals surface area contributed by atoms with Crippen LogP contribution in [-0.2, 0) is 21.3 Å². The number of hydrogen-bond donors (Lipinski definition) is 0. The van der Waals surface area contributed by atoms with Crippen LogP contribution in [-0.4, -0.2) is 23.0 Å². The summed E-state index contributed by atoms with van der Waals surface area (Å²) >= 11 is -3.05. The molecule has 16 heavy (non-hydrogen) atoms. The number of carbonyl (C=O) groups excluding carboxylic acids is 1. The van der Waals surface area contributed by atoms with Gasteiger partial charge in [0.25, 0.3) is 0 Å². The first-order chi connectivity index (χ1) is 7.33. The van der Waals surface area contributed by atoms with Gasteiger partial charge in [-0.3, -0.25) is 9.00 Å². The van der Waals surface area contributed by atoms with Crippen molar-refractivity contribution in [3.63, 3.8) is 0 Å². The molecule has 0 fully saturated rings. The van der Waals surface area contributed by atoms with Gasteiger partial charge in [0.2, 0.25) is 0 Å². The summed E-state index contributed by atoms with van der Waals surface area (Å²) < 4.78 is 45.6. The van der Waals surface area contributed by atoms with Crippen molar-refractivity contribution < 1.29 is 22.0 Å². The Morgan fingerprint density at radius 2 is 2.06 bits per heavy atom. The molecule has 0 aliphatic rings. The van der Waals surface area contributed by atoms with E-state index in [1.165, 1.54) is 19.1 Å². The fraction of sp³-hybridized carbons (Fsp3) is 0.125. The molecule has 8 heteroatoms. The summed E-state index contributed by atoms with van der Waals surface area (Å²) in [5.41, 5.74) is 0.174. The van der Waals surface area contributed by atoms with Crippen molar-refractivity contribution in [2.45, 2.75) is 11.8 Å². The summed E-state index contributed by atoms with van der Waals surface area (Å²) in [6.07, 6.45) is 0. The first-order valence-electron chi connectivity index (χ1n) is 4.01. The third-order valence-electron chi connectivity index (χ3n) is 1.70. The van der Waals surface area contributed by atoms with Crippen molar-refractivity contribution in [3.8, 4) is 0 Å². The zero-order valence-electron chi connectivity index (χ0n) is 8.11. The van der Waals surface area contributed by atoms with Crippen LogP contribution in [0.2, 0.25) is 0 Å². The highest BCUT2D eigenvalue weighted by atomic mass is 32.3. The maximum Gasteiger partial charge on any atom is 0.159 e. The van der Waals surface area contributed by atoms with Crippen molar-refractivity contribution in [3.05, 3.63) is 34.0 Å². The summed E-state index contributed by atoms with van der Waals surface area (Å²) in [7, 11) is -4.26. The van der Waals surface area contributed by atoms with E-state index in [1.807, 2.05) is 0 Å².